The number of sulfonamides is 1. The molecular weight excluding hydrogens is 416 g/mol. The second-order valence-corrected chi connectivity index (χ2v) is 9.44. The Morgan fingerprint density at radius 2 is 1.65 bits per heavy atom. The van der Waals surface area contributed by atoms with Gasteiger partial charge >= 0.3 is 0 Å². The van der Waals surface area contributed by atoms with Gasteiger partial charge in [-0.1, -0.05) is 31.0 Å². The van der Waals surface area contributed by atoms with E-state index in [1.54, 1.807) is 13.2 Å². The molecule has 0 unspecified atom stereocenters. The van der Waals surface area contributed by atoms with Crippen LogP contribution >= 0.6 is 0 Å². The number of hydrogen-bond donors (Lipinski definition) is 1. The first-order chi connectivity index (χ1) is 15.0. The average molecular weight is 447 g/mol. The van der Waals surface area contributed by atoms with E-state index in [4.69, 9.17) is 9.47 Å². The van der Waals surface area contributed by atoms with E-state index in [1.807, 2.05) is 24.3 Å². The van der Waals surface area contributed by atoms with Crippen molar-refractivity contribution in [1.29, 1.82) is 0 Å². The van der Waals surface area contributed by atoms with Crippen molar-refractivity contribution in [3.8, 4) is 11.5 Å². The second-order valence-electron chi connectivity index (χ2n) is 7.50. The van der Waals surface area contributed by atoms with Gasteiger partial charge in [0.1, 0.15) is 11.5 Å². The lowest BCUT2D eigenvalue weighted by atomic mass is 10.1. The molecule has 1 aliphatic heterocycles. The summed E-state index contributed by atoms with van der Waals surface area (Å²) in [4.78, 5) is 13.0. The third-order valence-corrected chi connectivity index (χ3v) is 7.39. The van der Waals surface area contributed by atoms with Crippen molar-refractivity contribution in [3.63, 3.8) is 0 Å². The normalized spacial score (nSPS) is 15.2. The zero-order valence-corrected chi connectivity index (χ0v) is 18.9. The molecule has 0 saturated carbocycles. The van der Waals surface area contributed by atoms with Crippen LogP contribution in [0.5, 0.6) is 11.5 Å². The zero-order chi connectivity index (χ0) is 22.3. The van der Waals surface area contributed by atoms with Crippen LogP contribution in [-0.2, 0) is 16.4 Å². The van der Waals surface area contributed by atoms with E-state index < -0.39 is 10.0 Å². The van der Waals surface area contributed by atoms with Crippen molar-refractivity contribution in [1.82, 2.24) is 9.62 Å². The molecule has 31 heavy (non-hydrogen) atoms. The number of ether oxygens (including phenoxy) is 2. The second kappa shape index (κ2) is 10.6. The highest BCUT2D eigenvalue weighted by Gasteiger charge is 2.27. The van der Waals surface area contributed by atoms with Gasteiger partial charge in [-0.25, -0.2) is 8.42 Å². The van der Waals surface area contributed by atoms with Gasteiger partial charge in [0.05, 0.1) is 24.7 Å². The number of methoxy groups -OCH3 is 2. The van der Waals surface area contributed by atoms with E-state index in [1.165, 1.54) is 23.5 Å². The van der Waals surface area contributed by atoms with Gasteiger partial charge < -0.3 is 14.8 Å². The van der Waals surface area contributed by atoms with Crippen LogP contribution in [0.4, 0.5) is 0 Å². The van der Waals surface area contributed by atoms with Gasteiger partial charge in [0.15, 0.2) is 0 Å². The van der Waals surface area contributed by atoms with Gasteiger partial charge in [0.25, 0.3) is 5.91 Å². The van der Waals surface area contributed by atoms with E-state index in [2.05, 4.69) is 5.32 Å². The number of benzene rings is 2. The minimum absolute atomic E-state index is 0.116. The SMILES string of the molecule is COc1ccccc1CCNC(=O)c1cc(S(=O)(=O)N2CCCCCC2)ccc1OC. The lowest BCUT2D eigenvalue weighted by molar-refractivity contribution is 0.0950. The number of para-hydroxylation sites is 1. The number of carbonyl (C=O) groups is 1. The summed E-state index contributed by atoms with van der Waals surface area (Å²) in [5, 5.41) is 2.86. The maximum absolute atomic E-state index is 13.1. The van der Waals surface area contributed by atoms with Crippen molar-refractivity contribution in [2.75, 3.05) is 33.9 Å². The minimum atomic E-state index is -3.66. The van der Waals surface area contributed by atoms with Crippen molar-refractivity contribution in [2.24, 2.45) is 0 Å². The number of hydrogen-bond acceptors (Lipinski definition) is 5. The predicted molar refractivity (Wildman–Crippen MR) is 119 cm³/mol. The van der Waals surface area contributed by atoms with Crippen LogP contribution in [0.15, 0.2) is 47.4 Å². The van der Waals surface area contributed by atoms with Gasteiger partial charge in [0, 0.05) is 19.6 Å². The Morgan fingerprint density at radius 1 is 0.968 bits per heavy atom. The molecular formula is C23H30N2O5S. The topological polar surface area (TPSA) is 84.9 Å². The molecule has 0 aliphatic carbocycles. The number of nitrogens with one attached hydrogen (secondary N) is 1. The summed E-state index contributed by atoms with van der Waals surface area (Å²) >= 11 is 0. The van der Waals surface area contributed by atoms with Gasteiger partial charge in [0.2, 0.25) is 10.0 Å². The summed E-state index contributed by atoms with van der Waals surface area (Å²) in [6, 6.07) is 12.1. The van der Waals surface area contributed by atoms with E-state index >= 15 is 0 Å². The summed E-state index contributed by atoms with van der Waals surface area (Å²) in [5.74, 6) is 0.726. The van der Waals surface area contributed by atoms with Crippen molar-refractivity contribution in [3.05, 3.63) is 53.6 Å². The van der Waals surface area contributed by atoms with E-state index in [-0.39, 0.29) is 16.4 Å². The highest BCUT2D eigenvalue weighted by atomic mass is 32.2. The molecule has 1 amide bonds. The Balaban J connectivity index is 1.76. The first-order valence-corrected chi connectivity index (χ1v) is 12.0. The minimum Gasteiger partial charge on any atom is -0.496 e. The number of rotatable bonds is 8. The molecule has 8 heteroatoms. The van der Waals surface area contributed by atoms with Crippen LogP contribution in [0.3, 0.4) is 0 Å². The van der Waals surface area contributed by atoms with Crippen LogP contribution in [-0.4, -0.2) is 52.5 Å². The van der Waals surface area contributed by atoms with E-state index in [0.29, 0.717) is 31.8 Å². The maximum Gasteiger partial charge on any atom is 0.255 e. The number of nitrogens with zero attached hydrogens (tertiary/aromatic N) is 1. The lowest BCUT2D eigenvalue weighted by Crippen LogP contribution is -2.32. The Morgan fingerprint density at radius 3 is 2.32 bits per heavy atom. The molecule has 1 fully saturated rings. The predicted octanol–water partition coefficient (Wildman–Crippen LogP) is 3.24. The summed E-state index contributed by atoms with van der Waals surface area (Å²) in [5.41, 5.74) is 1.19. The molecule has 0 spiro atoms. The third-order valence-electron chi connectivity index (χ3n) is 5.49. The first-order valence-electron chi connectivity index (χ1n) is 10.6. The number of amides is 1. The van der Waals surface area contributed by atoms with Crippen LogP contribution in [0.1, 0.15) is 41.6 Å². The molecule has 2 aromatic carbocycles. The first kappa shape index (κ1) is 23.1. The molecule has 2 aromatic rings. The van der Waals surface area contributed by atoms with Gasteiger partial charge in [-0.15, -0.1) is 0 Å². The van der Waals surface area contributed by atoms with Crippen LogP contribution in [0.25, 0.3) is 0 Å². The van der Waals surface area contributed by atoms with Crippen LogP contribution < -0.4 is 14.8 Å². The smallest absolute Gasteiger partial charge is 0.255 e. The highest BCUT2D eigenvalue weighted by Crippen LogP contribution is 2.26. The largest absolute Gasteiger partial charge is 0.496 e. The van der Waals surface area contributed by atoms with Crippen molar-refractivity contribution >= 4 is 15.9 Å². The fourth-order valence-corrected chi connectivity index (χ4v) is 5.32. The summed E-state index contributed by atoms with van der Waals surface area (Å²) in [6.07, 6.45) is 4.37. The monoisotopic (exact) mass is 446 g/mol. The van der Waals surface area contributed by atoms with Crippen LogP contribution in [0.2, 0.25) is 0 Å². The fourth-order valence-electron chi connectivity index (χ4n) is 3.77. The molecule has 1 saturated heterocycles. The van der Waals surface area contributed by atoms with Crippen molar-refractivity contribution in [2.45, 2.75) is 37.0 Å². The third kappa shape index (κ3) is 5.57. The van der Waals surface area contributed by atoms with Crippen LogP contribution in [0, 0.1) is 0 Å². The fraction of sp³-hybridized carbons (Fsp3) is 0.435. The number of carbonyl (C=O) groups excluding carboxylic acids is 1. The van der Waals surface area contributed by atoms with Gasteiger partial charge in [-0.2, -0.15) is 4.31 Å². The Hall–Kier alpha value is -2.58. The summed E-state index contributed by atoms with van der Waals surface area (Å²) < 4.78 is 38.4. The molecule has 1 N–H and O–H groups in total. The molecule has 3 rings (SSSR count). The molecule has 7 nitrogen and oxygen atoms in total. The molecule has 0 bridgehead atoms. The summed E-state index contributed by atoms with van der Waals surface area (Å²) in [6.45, 7) is 1.40. The van der Waals surface area contributed by atoms with E-state index in [9.17, 15) is 13.2 Å². The highest BCUT2D eigenvalue weighted by molar-refractivity contribution is 7.89. The Bertz CT molecular complexity index is 999. The molecule has 1 heterocycles. The molecule has 168 valence electrons. The lowest BCUT2D eigenvalue weighted by Gasteiger charge is -2.20. The summed E-state index contributed by atoms with van der Waals surface area (Å²) in [7, 11) is -0.586. The maximum atomic E-state index is 13.1. The average Bonchev–Trinajstić information content (AvgIpc) is 3.09. The van der Waals surface area contributed by atoms with E-state index in [0.717, 1.165) is 37.0 Å². The molecule has 0 aromatic heterocycles. The Labute approximate surface area is 184 Å². The van der Waals surface area contributed by atoms with Gasteiger partial charge in [-0.3, -0.25) is 4.79 Å². The molecule has 0 atom stereocenters. The van der Waals surface area contributed by atoms with Crippen molar-refractivity contribution < 1.29 is 22.7 Å². The molecule has 1 aliphatic rings. The Kier molecular flexibility index (Phi) is 7.92. The quantitative estimate of drug-likeness (QED) is 0.673. The molecule has 0 radical (unpaired) electrons. The standard InChI is InChI=1S/C23H30N2O5S/c1-29-21-10-6-5-9-18(21)13-14-24-23(26)20-17-19(11-12-22(20)30-2)31(27,28)25-15-7-3-4-8-16-25/h5-6,9-12,17H,3-4,7-8,13-16H2,1-2H3,(H,24,26). The van der Waals surface area contributed by atoms with Gasteiger partial charge in [-0.05, 0) is 49.1 Å². The zero-order valence-electron chi connectivity index (χ0n) is 18.1.